The first-order chi connectivity index (χ1) is 11.5. The largest absolute Gasteiger partial charge is 0.488 e. The van der Waals surface area contributed by atoms with Gasteiger partial charge in [0.1, 0.15) is 18.1 Å². The molecule has 2 aromatic rings. The number of hydrogen-bond donors (Lipinski definition) is 2. The highest BCUT2D eigenvalue weighted by molar-refractivity contribution is 5.96. The van der Waals surface area contributed by atoms with Crippen molar-refractivity contribution < 1.29 is 19.2 Å². The summed E-state index contributed by atoms with van der Waals surface area (Å²) in [5.74, 6) is 1.26. The van der Waals surface area contributed by atoms with Crippen molar-refractivity contribution in [3.8, 4) is 5.75 Å². The number of para-hydroxylation sites is 1. The Kier molecular flexibility index (Phi) is 6.37. The van der Waals surface area contributed by atoms with E-state index in [9.17, 15) is 4.79 Å². The van der Waals surface area contributed by atoms with Gasteiger partial charge in [0.15, 0.2) is 0 Å². The van der Waals surface area contributed by atoms with Gasteiger partial charge in [0.2, 0.25) is 0 Å². The van der Waals surface area contributed by atoms with Crippen LogP contribution in [0.4, 0.5) is 0 Å². The number of carbonyl (C=O) groups excluding carboxylic acids is 1. The molecule has 0 aliphatic heterocycles. The third-order valence-electron chi connectivity index (χ3n) is 3.92. The van der Waals surface area contributed by atoms with Gasteiger partial charge in [-0.05, 0) is 38.3 Å². The molecule has 1 atom stereocenters. The van der Waals surface area contributed by atoms with Crippen molar-refractivity contribution in [2.24, 2.45) is 5.92 Å². The molecule has 130 valence electrons. The number of rotatable bonds is 8. The SMILES string of the molecule is Cc1noc(C)c1COc1ccccc1C(=O)NCC(C)CCO. The zero-order chi connectivity index (χ0) is 17.5. The number of hydrogen-bond acceptors (Lipinski definition) is 5. The summed E-state index contributed by atoms with van der Waals surface area (Å²) in [6.07, 6.45) is 0.657. The molecule has 2 N–H and O–H groups in total. The lowest BCUT2D eigenvalue weighted by atomic mass is 10.1. The molecule has 6 heteroatoms. The van der Waals surface area contributed by atoms with Crippen molar-refractivity contribution in [2.45, 2.75) is 33.8 Å². The van der Waals surface area contributed by atoms with Crippen molar-refractivity contribution in [3.05, 3.63) is 46.8 Å². The van der Waals surface area contributed by atoms with Crippen LogP contribution in [0.1, 0.15) is 40.7 Å². The second-order valence-electron chi connectivity index (χ2n) is 5.92. The first-order valence-corrected chi connectivity index (χ1v) is 8.05. The van der Waals surface area contributed by atoms with E-state index in [-0.39, 0.29) is 18.4 Å². The number of amides is 1. The van der Waals surface area contributed by atoms with Gasteiger partial charge in [-0.25, -0.2) is 0 Å². The predicted octanol–water partition coefficient (Wildman–Crippen LogP) is 2.62. The van der Waals surface area contributed by atoms with Crippen molar-refractivity contribution >= 4 is 5.91 Å². The summed E-state index contributed by atoms with van der Waals surface area (Å²) in [4.78, 5) is 12.4. The minimum Gasteiger partial charge on any atom is -0.488 e. The van der Waals surface area contributed by atoms with E-state index < -0.39 is 0 Å². The highest BCUT2D eigenvalue weighted by atomic mass is 16.5. The van der Waals surface area contributed by atoms with Crippen LogP contribution in [-0.2, 0) is 6.61 Å². The fourth-order valence-electron chi connectivity index (χ4n) is 2.32. The predicted molar refractivity (Wildman–Crippen MR) is 90.0 cm³/mol. The quantitative estimate of drug-likeness (QED) is 0.776. The second-order valence-corrected chi connectivity index (χ2v) is 5.92. The maximum Gasteiger partial charge on any atom is 0.255 e. The first kappa shape index (κ1) is 18.0. The zero-order valence-electron chi connectivity index (χ0n) is 14.3. The Balaban J connectivity index is 2.03. The lowest BCUT2D eigenvalue weighted by molar-refractivity contribution is 0.0941. The van der Waals surface area contributed by atoms with Gasteiger partial charge in [-0.2, -0.15) is 0 Å². The summed E-state index contributed by atoms with van der Waals surface area (Å²) >= 11 is 0. The van der Waals surface area contributed by atoms with E-state index in [1.54, 1.807) is 18.2 Å². The van der Waals surface area contributed by atoms with Crippen LogP contribution >= 0.6 is 0 Å². The van der Waals surface area contributed by atoms with E-state index in [0.717, 1.165) is 11.3 Å². The van der Waals surface area contributed by atoms with Crippen LogP contribution in [0.2, 0.25) is 0 Å². The minimum atomic E-state index is -0.186. The van der Waals surface area contributed by atoms with Crippen LogP contribution in [0.25, 0.3) is 0 Å². The fourth-order valence-corrected chi connectivity index (χ4v) is 2.32. The molecule has 1 amide bonds. The Bertz CT molecular complexity index is 662. The van der Waals surface area contributed by atoms with E-state index in [0.29, 0.717) is 36.6 Å². The number of ether oxygens (including phenoxy) is 1. The second kappa shape index (κ2) is 8.49. The number of aliphatic hydroxyl groups is 1. The Labute approximate surface area is 141 Å². The average Bonchev–Trinajstić information content (AvgIpc) is 2.89. The molecular formula is C18H24N2O4. The molecule has 0 fully saturated rings. The van der Waals surface area contributed by atoms with Crippen LogP contribution in [0.3, 0.4) is 0 Å². The van der Waals surface area contributed by atoms with E-state index in [2.05, 4.69) is 10.5 Å². The lowest BCUT2D eigenvalue weighted by Crippen LogP contribution is -2.29. The maximum atomic E-state index is 12.4. The van der Waals surface area contributed by atoms with E-state index in [1.165, 1.54) is 0 Å². The Morgan fingerprint density at radius 2 is 2.12 bits per heavy atom. The number of aromatic nitrogens is 1. The molecule has 0 spiro atoms. The first-order valence-electron chi connectivity index (χ1n) is 8.05. The summed E-state index contributed by atoms with van der Waals surface area (Å²) < 4.78 is 10.9. The molecule has 1 heterocycles. The molecule has 24 heavy (non-hydrogen) atoms. The summed E-state index contributed by atoms with van der Waals surface area (Å²) in [5.41, 5.74) is 2.16. The van der Waals surface area contributed by atoms with Gasteiger partial charge in [0.25, 0.3) is 5.91 Å². The highest BCUT2D eigenvalue weighted by Crippen LogP contribution is 2.21. The number of carbonyl (C=O) groups is 1. The van der Waals surface area contributed by atoms with E-state index in [4.69, 9.17) is 14.4 Å². The highest BCUT2D eigenvalue weighted by Gasteiger charge is 2.15. The van der Waals surface area contributed by atoms with Gasteiger partial charge in [-0.15, -0.1) is 0 Å². The maximum absolute atomic E-state index is 12.4. The van der Waals surface area contributed by atoms with Crippen LogP contribution < -0.4 is 10.1 Å². The summed E-state index contributed by atoms with van der Waals surface area (Å²) in [6, 6.07) is 7.13. The molecule has 0 saturated heterocycles. The molecule has 0 radical (unpaired) electrons. The number of benzene rings is 1. The molecule has 0 bridgehead atoms. The fraction of sp³-hybridized carbons (Fsp3) is 0.444. The van der Waals surface area contributed by atoms with Gasteiger partial charge < -0.3 is 19.7 Å². The molecule has 6 nitrogen and oxygen atoms in total. The Hall–Kier alpha value is -2.34. The van der Waals surface area contributed by atoms with E-state index in [1.807, 2.05) is 26.8 Å². The van der Waals surface area contributed by atoms with Crippen LogP contribution in [0.15, 0.2) is 28.8 Å². The van der Waals surface area contributed by atoms with Gasteiger partial charge in [0, 0.05) is 13.2 Å². The van der Waals surface area contributed by atoms with Gasteiger partial charge in [0.05, 0.1) is 16.8 Å². The topological polar surface area (TPSA) is 84.6 Å². The standard InChI is InChI=1S/C18H24N2O4/c1-12(8-9-21)10-19-18(22)15-6-4-5-7-17(15)23-11-16-13(2)20-24-14(16)3/h4-7,12,21H,8-11H2,1-3H3,(H,19,22). The van der Waals surface area contributed by atoms with E-state index >= 15 is 0 Å². The molecular weight excluding hydrogens is 308 g/mol. The smallest absolute Gasteiger partial charge is 0.255 e. The van der Waals surface area contributed by atoms with Crippen molar-refractivity contribution in [1.29, 1.82) is 0 Å². The van der Waals surface area contributed by atoms with Crippen molar-refractivity contribution in [1.82, 2.24) is 10.5 Å². The van der Waals surface area contributed by atoms with Crippen LogP contribution in [0, 0.1) is 19.8 Å². The number of aliphatic hydroxyl groups excluding tert-OH is 1. The zero-order valence-corrected chi connectivity index (χ0v) is 14.3. The molecule has 1 unspecified atom stereocenters. The van der Waals surface area contributed by atoms with Gasteiger partial charge in [-0.1, -0.05) is 24.2 Å². The summed E-state index contributed by atoms with van der Waals surface area (Å²) in [7, 11) is 0. The van der Waals surface area contributed by atoms with Gasteiger partial charge >= 0.3 is 0 Å². The molecule has 1 aromatic carbocycles. The summed E-state index contributed by atoms with van der Waals surface area (Å²) in [6.45, 7) is 6.60. The number of aryl methyl sites for hydroxylation is 2. The average molecular weight is 332 g/mol. The Morgan fingerprint density at radius 3 is 2.79 bits per heavy atom. The van der Waals surface area contributed by atoms with Crippen LogP contribution in [0.5, 0.6) is 5.75 Å². The Morgan fingerprint density at radius 1 is 1.38 bits per heavy atom. The molecule has 1 aromatic heterocycles. The van der Waals surface area contributed by atoms with Crippen molar-refractivity contribution in [2.75, 3.05) is 13.2 Å². The minimum absolute atomic E-state index is 0.119. The number of nitrogens with zero attached hydrogens (tertiary/aromatic N) is 1. The summed E-state index contributed by atoms with van der Waals surface area (Å²) in [5, 5.41) is 15.7. The molecule has 0 aliphatic rings. The number of nitrogens with one attached hydrogen (secondary N) is 1. The normalized spacial score (nSPS) is 12.0. The molecule has 0 aliphatic carbocycles. The molecule has 0 saturated carbocycles. The third kappa shape index (κ3) is 4.58. The van der Waals surface area contributed by atoms with Crippen molar-refractivity contribution in [3.63, 3.8) is 0 Å². The molecule has 2 rings (SSSR count). The third-order valence-corrected chi connectivity index (χ3v) is 3.92. The van der Waals surface area contributed by atoms with Gasteiger partial charge in [-0.3, -0.25) is 4.79 Å². The monoisotopic (exact) mass is 332 g/mol. The van der Waals surface area contributed by atoms with Crippen LogP contribution in [-0.4, -0.2) is 29.3 Å². The lowest BCUT2D eigenvalue weighted by Gasteiger charge is -2.14.